The van der Waals surface area contributed by atoms with Gasteiger partial charge in [0.2, 0.25) is 11.8 Å². The van der Waals surface area contributed by atoms with Crippen molar-refractivity contribution in [2.24, 2.45) is 0 Å². The highest BCUT2D eigenvalue weighted by atomic mass is 35.5. The molecule has 2 heterocycles. The van der Waals surface area contributed by atoms with Gasteiger partial charge in [0.25, 0.3) is 0 Å². The standard InChI is InChI=1S/C17H16ClN5O2/c1-4-22-16-14(15(21-22)12-5-7-13(18)8-6-12)17(20-9-19-16)23(10(2)24)11(3)25/h5-9H,4H2,1-3H3. The first-order valence-corrected chi connectivity index (χ1v) is 8.10. The number of carbonyl (C=O) groups excluding carboxylic acids is 2. The topological polar surface area (TPSA) is 81.0 Å². The lowest BCUT2D eigenvalue weighted by Gasteiger charge is -2.16. The van der Waals surface area contributed by atoms with Crippen LogP contribution in [0.4, 0.5) is 5.82 Å². The Bertz CT molecular complexity index is 951. The maximum atomic E-state index is 12.0. The maximum Gasteiger partial charge on any atom is 0.231 e. The molecular weight excluding hydrogens is 342 g/mol. The van der Waals surface area contributed by atoms with E-state index in [1.165, 1.54) is 20.2 Å². The van der Waals surface area contributed by atoms with Crippen LogP contribution < -0.4 is 4.90 Å². The van der Waals surface area contributed by atoms with Gasteiger partial charge in [-0.25, -0.2) is 19.5 Å². The van der Waals surface area contributed by atoms with Crippen molar-refractivity contribution in [3.8, 4) is 11.3 Å². The summed E-state index contributed by atoms with van der Waals surface area (Å²) in [5.41, 5.74) is 1.95. The lowest BCUT2D eigenvalue weighted by Crippen LogP contribution is -2.34. The van der Waals surface area contributed by atoms with Crippen molar-refractivity contribution in [2.75, 3.05) is 4.90 Å². The number of hydrogen-bond acceptors (Lipinski definition) is 5. The van der Waals surface area contributed by atoms with Gasteiger partial charge in [-0.05, 0) is 19.1 Å². The molecule has 0 aliphatic rings. The molecule has 0 unspecified atom stereocenters. The van der Waals surface area contributed by atoms with E-state index in [2.05, 4.69) is 15.1 Å². The zero-order valence-electron chi connectivity index (χ0n) is 14.0. The SMILES string of the molecule is CCn1nc(-c2ccc(Cl)cc2)c2c(N(C(C)=O)C(C)=O)ncnc21. The number of nitrogens with zero attached hydrogens (tertiary/aromatic N) is 5. The summed E-state index contributed by atoms with van der Waals surface area (Å²) in [6.45, 7) is 5.16. The molecule has 0 aliphatic heterocycles. The van der Waals surface area contributed by atoms with Crippen LogP contribution in [0.25, 0.3) is 22.3 Å². The molecule has 3 aromatic rings. The number of anilines is 1. The zero-order chi connectivity index (χ0) is 18.1. The Labute approximate surface area is 149 Å². The molecule has 1 aromatic carbocycles. The second kappa shape index (κ2) is 6.60. The van der Waals surface area contributed by atoms with Gasteiger partial charge in [0, 0.05) is 31.0 Å². The first-order chi connectivity index (χ1) is 11.9. The van der Waals surface area contributed by atoms with Crippen molar-refractivity contribution in [3.05, 3.63) is 35.6 Å². The lowest BCUT2D eigenvalue weighted by molar-refractivity contribution is -0.124. The smallest absolute Gasteiger partial charge is 0.231 e. The van der Waals surface area contributed by atoms with Gasteiger partial charge >= 0.3 is 0 Å². The quantitative estimate of drug-likeness (QED) is 0.719. The fourth-order valence-corrected chi connectivity index (χ4v) is 2.84. The van der Waals surface area contributed by atoms with E-state index < -0.39 is 11.8 Å². The van der Waals surface area contributed by atoms with Gasteiger partial charge in [-0.15, -0.1) is 0 Å². The predicted octanol–water partition coefficient (Wildman–Crippen LogP) is 3.07. The molecule has 2 aromatic heterocycles. The van der Waals surface area contributed by atoms with E-state index in [1.807, 2.05) is 19.1 Å². The van der Waals surface area contributed by atoms with Crippen molar-refractivity contribution in [1.29, 1.82) is 0 Å². The van der Waals surface area contributed by atoms with Crippen LogP contribution >= 0.6 is 11.6 Å². The Morgan fingerprint density at radius 2 is 1.76 bits per heavy atom. The number of imide groups is 1. The van der Waals surface area contributed by atoms with Crippen molar-refractivity contribution in [1.82, 2.24) is 19.7 Å². The Balaban J connectivity index is 2.36. The van der Waals surface area contributed by atoms with Gasteiger partial charge < -0.3 is 0 Å². The fraction of sp³-hybridized carbons (Fsp3) is 0.235. The first-order valence-electron chi connectivity index (χ1n) is 7.72. The summed E-state index contributed by atoms with van der Waals surface area (Å²) in [6.07, 6.45) is 1.33. The Morgan fingerprint density at radius 1 is 1.12 bits per heavy atom. The molecule has 8 heteroatoms. The average Bonchev–Trinajstić information content (AvgIpc) is 2.94. The van der Waals surface area contributed by atoms with Crippen molar-refractivity contribution in [3.63, 3.8) is 0 Å². The van der Waals surface area contributed by atoms with E-state index in [9.17, 15) is 9.59 Å². The summed E-state index contributed by atoms with van der Waals surface area (Å²) >= 11 is 5.97. The third kappa shape index (κ3) is 2.98. The summed E-state index contributed by atoms with van der Waals surface area (Å²) in [7, 11) is 0. The number of amides is 2. The van der Waals surface area contributed by atoms with Gasteiger partial charge in [0.05, 0.1) is 5.39 Å². The van der Waals surface area contributed by atoms with Gasteiger partial charge in [0.15, 0.2) is 11.5 Å². The molecule has 0 N–H and O–H groups in total. The minimum Gasteiger partial charge on any atom is -0.274 e. The summed E-state index contributed by atoms with van der Waals surface area (Å²) in [5, 5.41) is 5.75. The van der Waals surface area contributed by atoms with Crippen molar-refractivity contribution >= 4 is 40.3 Å². The molecule has 7 nitrogen and oxygen atoms in total. The molecule has 0 bridgehead atoms. The highest BCUT2D eigenvalue weighted by molar-refractivity contribution is 6.30. The molecule has 0 saturated carbocycles. The highest BCUT2D eigenvalue weighted by Crippen LogP contribution is 2.33. The van der Waals surface area contributed by atoms with Crippen molar-refractivity contribution in [2.45, 2.75) is 27.3 Å². The second-order valence-electron chi connectivity index (χ2n) is 5.44. The number of hydrogen-bond donors (Lipinski definition) is 0. The van der Waals surface area contributed by atoms with Gasteiger partial charge in [-0.3, -0.25) is 9.59 Å². The normalized spacial score (nSPS) is 10.9. The molecule has 0 saturated heterocycles. The summed E-state index contributed by atoms with van der Waals surface area (Å²) < 4.78 is 1.71. The summed E-state index contributed by atoms with van der Waals surface area (Å²) in [4.78, 5) is 33.5. The maximum absolute atomic E-state index is 12.0. The number of aromatic nitrogens is 4. The summed E-state index contributed by atoms with van der Waals surface area (Å²) in [5.74, 6) is -0.604. The predicted molar refractivity (Wildman–Crippen MR) is 95.3 cm³/mol. The average molecular weight is 358 g/mol. The van der Waals surface area contributed by atoms with Gasteiger partial charge in [-0.1, -0.05) is 23.7 Å². The van der Waals surface area contributed by atoms with Crippen LogP contribution in [0, 0.1) is 0 Å². The van der Waals surface area contributed by atoms with E-state index >= 15 is 0 Å². The van der Waals surface area contributed by atoms with Gasteiger partial charge in [0.1, 0.15) is 12.0 Å². The van der Waals surface area contributed by atoms with Crippen LogP contribution in [0.3, 0.4) is 0 Å². The van der Waals surface area contributed by atoms with Crippen LogP contribution in [0.15, 0.2) is 30.6 Å². The molecule has 3 rings (SSSR count). The molecule has 2 amide bonds. The minimum atomic E-state index is -0.418. The number of aryl methyl sites for hydroxylation is 1. The van der Waals surface area contributed by atoms with Crippen LogP contribution in [0.2, 0.25) is 5.02 Å². The monoisotopic (exact) mass is 357 g/mol. The lowest BCUT2D eigenvalue weighted by atomic mass is 10.1. The molecule has 128 valence electrons. The number of rotatable bonds is 3. The number of carbonyl (C=O) groups is 2. The zero-order valence-corrected chi connectivity index (χ0v) is 14.8. The van der Waals surface area contributed by atoms with Crippen LogP contribution in [-0.2, 0) is 16.1 Å². The molecule has 0 fully saturated rings. The molecular formula is C17H16ClN5O2. The molecule has 0 spiro atoms. The first kappa shape index (κ1) is 17.0. The largest absolute Gasteiger partial charge is 0.274 e. The molecule has 0 radical (unpaired) electrons. The third-order valence-corrected chi connectivity index (χ3v) is 4.02. The molecule has 0 atom stereocenters. The Kier molecular flexibility index (Phi) is 4.50. The summed E-state index contributed by atoms with van der Waals surface area (Å²) in [6, 6.07) is 7.16. The molecule has 25 heavy (non-hydrogen) atoms. The Hall–Kier alpha value is -2.80. The van der Waals surface area contributed by atoms with Gasteiger partial charge in [-0.2, -0.15) is 5.10 Å². The minimum absolute atomic E-state index is 0.231. The van der Waals surface area contributed by atoms with E-state index in [0.29, 0.717) is 28.3 Å². The Morgan fingerprint density at radius 3 is 2.32 bits per heavy atom. The molecule has 0 aliphatic carbocycles. The highest BCUT2D eigenvalue weighted by Gasteiger charge is 2.25. The van der Waals surface area contributed by atoms with E-state index in [0.717, 1.165) is 10.5 Å². The second-order valence-corrected chi connectivity index (χ2v) is 5.88. The van der Waals surface area contributed by atoms with E-state index in [4.69, 9.17) is 11.6 Å². The van der Waals surface area contributed by atoms with Crippen LogP contribution in [-0.4, -0.2) is 31.6 Å². The van der Waals surface area contributed by atoms with Crippen molar-refractivity contribution < 1.29 is 9.59 Å². The van der Waals surface area contributed by atoms with E-state index in [1.54, 1.807) is 16.8 Å². The fourth-order valence-electron chi connectivity index (χ4n) is 2.71. The van der Waals surface area contributed by atoms with Crippen LogP contribution in [0.1, 0.15) is 20.8 Å². The third-order valence-electron chi connectivity index (χ3n) is 3.77. The van der Waals surface area contributed by atoms with E-state index in [-0.39, 0.29) is 5.82 Å². The number of fused-ring (bicyclic) bond motifs is 1. The number of benzene rings is 1. The number of halogens is 1. The van der Waals surface area contributed by atoms with Crippen LogP contribution in [0.5, 0.6) is 0 Å².